The summed E-state index contributed by atoms with van der Waals surface area (Å²) in [6.07, 6.45) is 2.36. The van der Waals surface area contributed by atoms with Gasteiger partial charge in [0.2, 0.25) is 0 Å². The van der Waals surface area contributed by atoms with Crippen LogP contribution in [0.25, 0.3) is 0 Å². The third-order valence-corrected chi connectivity index (χ3v) is 3.00. The van der Waals surface area contributed by atoms with Gasteiger partial charge in [-0.15, -0.1) is 0 Å². The van der Waals surface area contributed by atoms with Crippen LogP contribution in [0.15, 0.2) is 0 Å². The van der Waals surface area contributed by atoms with Gasteiger partial charge in [0.15, 0.2) is 0 Å². The number of carbonyl (C=O) groups is 1. The van der Waals surface area contributed by atoms with Gasteiger partial charge in [0, 0.05) is 6.54 Å². The van der Waals surface area contributed by atoms with Crippen molar-refractivity contribution in [2.24, 2.45) is 5.92 Å². The molecule has 0 saturated carbocycles. The lowest BCUT2D eigenvalue weighted by atomic mass is 9.97. The molecule has 0 radical (unpaired) electrons. The highest BCUT2D eigenvalue weighted by Gasteiger charge is 2.36. The van der Waals surface area contributed by atoms with Crippen LogP contribution in [-0.2, 0) is 4.74 Å². The van der Waals surface area contributed by atoms with Crippen LogP contribution in [0, 0.1) is 17.2 Å². The molecule has 17 heavy (non-hydrogen) atoms. The first-order valence-electron chi connectivity index (χ1n) is 6.28. The summed E-state index contributed by atoms with van der Waals surface area (Å²) in [5.41, 5.74) is -0.474. The Hall–Kier alpha value is -1.24. The smallest absolute Gasteiger partial charge is 0.410 e. The van der Waals surface area contributed by atoms with Crippen molar-refractivity contribution >= 4 is 6.09 Å². The number of nitrogens with zero attached hydrogens (tertiary/aromatic N) is 2. The first kappa shape index (κ1) is 13.8. The highest BCUT2D eigenvalue weighted by atomic mass is 16.6. The van der Waals surface area contributed by atoms with Crippen LogP contribution in [0.5, 0.6) is 0 Å². The second-order valence-corrected chi connectivity index (χ2v) is 5.53. The van der Waals surface area contributed by atoms with Crippen molar-refractivity contribution in [2.75, 3.05) is 6.54 Å². The number of hydrogen-bond donors (Lipinski definition) is 0. The third kappa shape index (κ3) is 3.62. The van der Waals surface area contributed by atoms with Gasteiger partial charge in [-0.25, -0.2) is 4.79 Å². The van der Waals surface area contributed by atoms with E-state index in [9.17, 15) is 4.79 Å². The number of ether oxygens (including phenoxy) is 1. The van der Waals surface area contributed by atoms with Crippen molar-refractivity contribution < 1.29 is 9.53 Å². The van der Waals surface area contributed by atoms with E-state index in [0.29, 0.717) is 6.54 Å². The molecule has 1 amide bonds. The minimum absolute atomic E-state index is 0.0276. The minimum Gasteiger partial charge on any atom is -0.444 e. The predicted octanol–water partition coefficient (Wildman–Crippen LogP) is 2.94. The Morgan fingerprint density at radius 3 is 2.71 bits per heavy atom. The molecule has 1 saturated heterocycles. The Balaban J connectivity index is 2.70. The summed E-state index contributed by atoms with van der Waals surface area (Å²) in [6.45, 7) is 8.27. The summed E-state index contributed by atoms with van der Waals surface area (Å²) in [7, 11) is 0. The molecule has 0 aromatic carbocycles. The molecule has 0 N–H and O–H groups in total. The van der Waals surface area contributed by atoms with E-state index in [0.717, 1.165) is 19.3 Å². The molecule has 0 aromatic rings. The molecule has 1 fully saturated rings. The maximum atomic E-state index is 12.0. The van der Waals surface area contributed by atoms with E-state index in [1.54, 1.807) is 4.90 Å². The first-order chi connectivity index (χ1) is 7.89. The van der Waals surface area contributed by atoms with Crippen LogP contribution in [0.1, 0.15) is 47.0 Å². The molecule has 4 heteroatoms. The highest BCUT2D eigenvalue weighted by Crippen LogP contribution is 2.27. The van der Waals surface area contributed by atoms with Crippen LogP contribution < -0.4 is 0 Å². The maximum absolute atomic E-state index is 12.0. The molecule has 0 aromatic heterocycles. The van der Waals surface area contributed by atoms with E-state index in [1.165, 1.54) is 0 Å². The van der Waals surface area contributed by atoms with Crippen LogP contribution in [-0.4, -0.2) is 29.2 Å². The number of likely N-dealkylation sites (tertiary alicyclic amines) is 1. The van der Waals surface area contributed by atoms with Crippen LogP contribution >= 0.6 is 0 Å². The fraction of sp³-hybridized carbons (Fsp3) is 0.846. The number of amides is 1. The Labute approximate surface area is 104 Å². The zero-order chi connectivity index (χ0) is 13.1. The number of nitriles is 1. The van der Waals surface area contributed by atoms with Crippen molar-refractivity contribution in [3.8, 4) is 6.07 Å². The largest absolute Gasteiger partial charge is 0.444 e. The Bertz CT molecular complexity index is 314. The molecule has 4 nitrogen and oxygen atoms in total. The van der Waals surface area contributed by atoms with Gasteiger partial charge in [0.25, 0.3) is 0 Å². The van der Waals surface area contributed by atoms with Crippen LogP contribution in [0.2, 0.25) is 0 Å². The van der Waals surface area contributed by atoms with Crippen molar-refractivity contribution in [1.29, 1.82) is 5.26 Å². The van der Waals surface area contributed by atoms with E-state index in [-0.39, 0.29) is 18.1 Å². The highest BCUT2D eigenvalue weighted by molar-refractivity contribution is 5.69. The quantitative estimate of drug-likeness (QED) is 0.743. The van der Waals surface area contributed by atoms with Gasteiger partial charge >= 0.3 is 6.09 Å². The number of carbonyl (C=O) groups excluding carboxylic acids is 1. The van der Waals surface area contributed by atoms with E-state index in [4.69, 9.17) is 10.00 Å². The normalized spacial score (nSPS) is 22.1. The molecule has 96 valence electrons. The van der Waals surface area contributed by atoms with Crippen LogP contribution in [0.4, 0.5) is 4.79 Å². The molecule has 1 heterocycles. The average molecular weight is 238 g/mol. The summed E-state index contributed by atoms with van der Waals surface area (Å²) in [5.74, 6) is -0.0787. The van der Waals surface area contributed by atoms with Gasteiger partial charge in [-0.3, -0.25) is 0 Å². The van der Waals surface area contributed by atoms with Crippen LogP contribution in [0.3, 0.4) is 0 Å². The summed E-state index contributed by atoms with van der Waals surface area (Å²) in [4.78, 5) is 13.7. The fourth-order valence-corrected chi connectivity index (χ4v) is 2.21. The molecule has 0 aliphatic carbocycles. The van der Waals surface area contributed by atoms with E-state index < -0.39 is 5.60 Å². The van der Waals surface area contributed by atoms with Gasteiger partial charge in [-0.1, -0.05) is 6.92 Å². The molecular formula is C13H22N2O2. The summed E-state index contributed by atoms with van der Waals surface area (Å²) >= 11 is 0. The zero-order valence-corrected chi connectivity index (χ0v) is 11.2. The minimum atomic E-state index is -0.474. The monoisotopic (exact) mass is 238 g/mol. The van der Waals surface area contributed by atoms with E-state index in [2.05, 4.69) is 6.07 Å². The molecule has 0 spiro atoms. The fourth-order valence-electron chi connectivity index (χ4n) is 2.21. The third-order valence-electron chi connectivity index (χ3n) is 3.00. The van der Waals surface area contributed by atoms with E-state index in [1.807, 2.05) is 27.7 Å². The topological polar surface area (TPSA) is 53.3 Å². The summed E-state index contributed by atoms with van der Waals surface area (Å²) in [5, 5.41) is 9.09. The predicted molar refractivity (Wildman–Crippen MR) is 65.4 cm³/mol. The number of rotatable bonds is 2. The lowest BCUT2D eigenvalue weighted by Crippen LogP contribution is -2.42. The average Bonchev–Trinajstić information content (AvgIpc) is 2.66. The maximum Gasteiger partial charge on any atom is 0.410 e. The van der Waals surface area contributed by atoms with Crippen molar-refractivity contribution in [1.82, 2.24) is 4.90 Å². The zero-order valence-electron chi connectivity index (χ0n) is 11.2. The molecule has 2 unspecified atom stereocenters. The van der Waals surface area contributed by atoms with Gasteiger partial charge in [0.1, 0.15) is 5.60 Å². The molecule has 1 rings (SSSR count). The van der Waals surface area contributed by atoms with Crippen molar-refractivity contribution in [2.45, 2.75) is 58.6 Å². The molecule has 1 aliphatic rings. The molecule has 2 atom stereocenters. The van der Waals surface area contributed by atoms with Crippen molar-refractivity contribution in [3.63, 3.8) is 0 Å². The number of hydrogen-bond acceptors (Lipinski definition) is 3. The Morgan fingerprint density at radius 1 is 1.59 bits per heavy atom. The standard InChI is InChI=1S/C13H22N2O2/c1-5-10(9-14)11-7-6-8-15(11)12(16)17-13(2,3)4/h10-11H,5-8H2,1-4H3. The summed E-state index contributed by atoms with van der Waals surface area (Å²) in [6, 6.07) is 2.32. The first-order valence-corrected chi connectivity index (χ1v) is 6.28. The van der Waals surface area contributed by atoms with Gasteiger partial charge in [-0.2, -0.15) is 5.26 Å². The van der Waals surface area contributed by atoms with Crippen molar-refractivity contribution in [3.05, 3.63) is 0 Å². The second kappa shape index (κ2) is 5.39. The Kier molecular flexibility index (Phi) is 4.39. The van der Waals surface area contributed by atoms with Gasteiger partial charge in [-0.05, 0) is 40.0 Å². The van der Waals surface area contributed by atoms with Gasteiger partial charge in [0.05, 0.1) is 18.0 Å². The lowest BCUT2D eigenvalue weighted by molar-refractivity contribution is 0.0196. The summed E-state index contributed by atoms with van der Waals surface area (Å²) < 4.78 is 5.37. The van der Waals surface area contributed by atoms with E-state index >= 15 is 0 Å². The molecular weight excluding hydrogens is 216 g/mol. The SMILES string of the molecule is CCC(C#N)C1CCCN1C(=O)OC(C)(C)C. The second-order valence-electron chi connectivity index (χ2n) is 5.53. The molecule has 1 aliphatic heterocycles. The van der Waals surface area contributed by atoms with Gasteiger partial charge < -0.3 is 9.64 Å². The Morgan fingerprint density at radius 2 is 2.24 bits per heavy atom. The lowest BCUT2D eigenvalue weighted by Gasteiger charge is -2.30. The molecule has 0 bridgehead atoms.